The van der Waals surface area contributed by atoms with Gasteiger partial charge >= 0.3 is 0 Å². The van der Waals surface area contributed by atoms with E-state index in [0.717, 1.165) is 0 Å². The van der Waals surface area contributed by atoms with Gasteiger partial charge in [-0.2, -0.15) is 0 Å². The Morgan fingerprint density at radius 1 is 1.00 bits per heavy atom. The average molecular weight is 337 g/mol. The van der Waals surface area contributed by atoms with E-state index in [1.165, 1.54) is 20.3 Å². The number of hydrogen-bond acceptors (Lipinski definition) is 5. The first kappa shape index (κ1) is 17.0. The van der Waals surface area contributed by atoms with Crippen molar-refractivity contribution in [2.75, 3.05) is 25.5 Å². The van der Waals surface area contributed by atoms with Crippen molar-refractivity contribution in [2.24, 2.45) is 0 Å². The lowest BCUT2D eigenvalue weighted by molar-refractivity contribution is 0.342. The molecule has 0 radical (unpaired) electrons. The summed E-state index contributed by atoms with van der Waals surface area (Å²) in [7, 11) is -0.985. The number of hydrogen-bond donors (Lipinski definition) is 1. The highest BCUT2D eigenvalue weighted by Gasteiger charge is 2.22. The van der Waals surface area contributed by atoms with E-state index in [9.17, 15) is 8.42 Å². The van der Waals surface area contributed by atoms with Crippen LogP contribution in [0.25, 0.3) is 0 Å². The topological polar surface area (TPSA) is 73.9 Å². The minimum atomic E-state index is -3.86. The van der Waals surface area contributed by atoms with Crippen LogP contribution in [-0.2, 0) is 10.0 Å². The van der Waals surface area contributed by atoms with Gasteiger partial charge in [-0.05, 0) is 31.2 Å². The molecule has 23 heavy (non-hydrogen) atoms. The molecule has 0 saturated heterocycles. The van der Waals surface area contributed by atoms with Crippen LogP contribution in [0, 0.1) is 0 Å². The SMILES string of the molecule is CCOc1ccccc1NS(=O)(=O)c1cc(OC)ccc1OC. The van der Waals surface area contributed by atoms with Gasteiger partial charge in [0.05, 0.1) is 26.5 Å². The zero-order valence-electron chi connectivity index (χ0n) is 13.2. The second kappa shape index (κ2) is 7.23. The van der Waals surface area contributed by atoms with Crippen LogP contribution in [0.1, 0.15) is 6.92 Å². The van der Waals surface area contributed by atoms with Crippen LogP contribution >= 0.6 is 0 Å². The lowest BCUT2D eigenvalue weighted by atomic mass is 10.3. The summed E-state index contributed by atoms with van der Waals surface area (Å²) in [4.78, 5) is -0.00866. The standard InChI is InChI=1S/C16H19NO5S/c1-4-22-14-8-6-5-7-13(14)17-23(18,19)16-11-12(20-2)9-10-15(16)21-3/h5-11,17H,4H2,1-3H3. The molecule has 0 fully saturated rings. The van der Waals surface area contributed by atoms with Gasteiger partial charge in [-0.25, -0.2) is 8.42 Å². The van der Waals surface area contributed by atoms with Crippen molar-refractivity contribution in [3.63, 3.8) is 0 Å². The van der Waals surface area contributed by atoms with Crippen molar-refractivity contribution in [1.29, 1.82) is 0 Å². The first-order valence-electron chi connectivity index (χ1n) is 6.98. The minimum Gasteiger partial charge on any atom is -0.497 e. The summed E-state index contributed by atoms with van der Waals surface area (Å²) in [5.41, 5.74) is 0.360. The van der Waals surface area contributed by atoms with E-state index < -0.39 is 10.0 Å². The monoisotopic (exact) mass is 337 g/mol. The first-order valence-corrected chi connectivity index (χ1v) is 8.46. The molecule has 0 aliphatic rings. The fourth-order valence-corrected chi connectivity index (χ4v) is 3.28. The largest absolute Gasteiger partial charge is 0.497 e. The van der Waals surface area contributed by atoms with Gasteiger partial charge in [-0.3, -0.25) is 4.72 Å². The van der Waals surface area contributed by atoms with Crippen LogP contribution < -0.4 is 18.9 Å². The highest BCUT2D eigenvalue weighted by molar-refractivity contribution is 7.92. The van der Waals surface area contributed by atoms with E-state index in [-0.39, 0.29) is 10.6 Å². The Balaban J connectivity index is 2.43. The van der Waals surface area contributed by atoms with E-state index in [1.807, 2.05) is 6.92 Å². The molecule has 2 rings (SSSR count). The molecule has 0 saturated carbocycles. The van der Waals surface area contributed by atoms with Crippen LogP contribution in [0.3, 0.4) is 0 Å². The number of rotatable bonds is 7. The normalized spacial score (nSPS) is 10.9. The van der Waals surface area contributed by atoms with E-state index in [2.05, 4.69) is 4.72 Å². The third kappa shape index (κ3) is 3.87. The number of para-hydroxylation sites is 2. The lowest BCUT2D eigenvalue weighted by Crippen LogP contribution is -2.15. The predicted molar refractivity (Wildman–Crippen MR) is 88.0 cm³/mol. The Morgan fingerprint density at radius 2 is 1.74 bits per heavy atom. The third-order valence-corrected chi connectivity index (χ3v) is 4.48. The van der Waals surface area contributed by atoms with Gasteiger partial charge in [0.2, 0.25) is 0 Å². The molecule has 1 N–H and O–H groups in total. The summed E-state index contributed by atoms with van der Waals surface area (Å²) in [6.45, 7) is 2.26. The number of anilines is 1. The predicted octanol–water partition coefficient (Wildman–Crippen LogP) is 2.90. The van der Waals surface area contributed by atoms with E-state index in [1.54, 1.807) is 36.4 Å². The van der Waals surface area contributed by atoms with Gasteiger partial charge in [0, 0.05) is 6.07 Å². The van der Waals surface area contributed by atoms with Crippen molar-refractivity contribution in [2.45, 2.75) is 11.8 Å². The van der Waals surface area contributed by atoms with Gasteiger partial charge in [-0.1, -0.05) is 12.1 Å². The van der Waals surface area contributed by atoms with E-state index >= 15 is 0 Å². The molecule has 2 aromatic carbocycles. The number of benzene rings is 2. The van der Waals surface area contributed by atoms with Gasteiger partial charge in [0.1, 0.15) is 22.1 Å². The molecule has 7 heteroatoms. The van der Waals surface area contributed by atoms with Crippen LogP contribution in [0.4, 0.5) is 5.69 Å². The number of methoxy groups -OCH3 is 2. The molecule has 0 aliphatic carbocycles. The summed E-state index contributed by atoms with van der Waals surface area (Å²) in [6.07, 6.45) is 0. The van der Waals surface area contributed by atoms with E-state index in [4.69, 9.17) is 14.2 Å². The van der Waals surface area contributed by atoms with Crippen LogP contribution in [0.5, 0.6) is 17.2 Å². The fourth-order valence-electron chi connectivity index (χ4n) is 2.03. The van der Waals surface area contributed by atoms with Crippen molar-refractivity contribution in [3.8, 4) is 17.2 Å². The van der Waals surface area contributed by atoms with Crippen molar-refractivity contribution >= 4 is 15.7 Å². The average Bonchev–Trinajstić information content (AvgIpc) is 2.56. The Morgan fingerprint density at radius 3 is 2.39 bits per heavy atom. The molecular weight excluding hydrogens is 318 g/mol. The van der Waals surface area contributed by atoms with Gasteiger partial charge in [0.25, 0.3) is 10.0 Å². The summed E-state index contributed by atoms with van der Waals surface area (Å²) in [5.74, 6) is 1.11. The molecule has 0 heterocycles. The van der Waals surface area contributed by atoms with Crippen molar-refractivity contribution in [3.05, 3.63) is 42.5 Å². The molecule has 0 unspecified atom stereocenters. The van der Waals surface area contributed by atoms with Crippen molar-refractivity contribution < 1.29 is 22.6 Å². The second-order valence-electron chi connectivity index (χ2n) is 4.55. The van der Waals surface area contributed by atoms with Crippen LogP contribution in [0.15, 0.2) is 47.4 Å². The van der Waals surface area contributed by atoms with Gasteiger partial charge in [0.15, 0.2) is 0 Å². The van der Waals surface area contributed by atoms with Crippen molar-refractivity contribution in [1.82, 2.24) is 0 Å². The Hall–Kier alpha value is -2.41. The Kier molecular flexibility index (Phi) is 5.33. The summed E-state index contributed by atoms with van der Waals surface area (Å²) in [6, 6.07) is 11.4. The lowest BCUT2D eigenvalue weighted by Gasteiger charge is -2.15. The quantitative estimate of drug-likeness (QED) is 0.841. The summed E-state index contributed by atoms with van der Waals surface area (Å²) < 4.78 is 43.6. The second-order valence-corrected chi connectivity index (χ2v) is 6.20. The Labute approximate surface area is 136 Å². The maximum atomic E-state index is 12.7. The molecule has 0 amide bonds. The maximum absolute atomic E-state index is 12.7. The summed E-state index contributed by atoms with van der Waals surface area (Å²) >= 11 is 0. The third-order valence-electron chi connectivity index (χ3n) is 3.09. The highest BCUT2D eigenvalue weighted by atomic mass is 32.2. The Bertz CT molecular complexity index is 774. The molecule has 6 nitrogen and oxygen atoms in total. The van der Waals surface area contributed by atoms with Crippen LogP contribution in [0.2, 0.25) is 0 Å². The first-order chi connectivity index (χ1) is 11.0. The number of ether oxygens (including phenoxy) is 3. The van der Waals surface area contributed by atoms with Gasteiger partial charge < -0.3 is 14.2 Å². The fraction of sp³-hybridized carbons (Fsp3) is 0.250. The summed E-state index contributed by atoms with van der Waals surface area (Å²) in [5, 5.41) is 0. The minimum absolute atomic E-state index is 0.00866. The molecule has 0 spiro atoms. The maximum Gasteiger partial charge on any atom is 0.265 e. The van der Waals surface area contributed by atoms with Gasteiger partial charge in [-0.15, -0.1) is 0 Å². The van der Waals surface area contributed by atoms with E-state index in [0.29, 0.717) is 23.8 Å². The zero-order chi connectivity index (χ0) is 16.9. The number of nitrogens with one attached hydrogen (secondary N) is 1. The molecule has 0 aromatic heterocycles. The molecular formula is C16H19NO5S. The molecule has 0 atom stereocenters. The smallest absolute Gasteiger partial charge is 0.265 e. The zero-order valence-corrected chi connectivity index (χ0v) is 14.0. The molecule has 0 bridgehead atoms. The van der Waals surface area contributed by atoms with Crippen LogP contribution in [-0.4, -0.2) is 29.2 Å². The molecule has 124 valence electrons. The number of sulfonamides is 1. The molecule has 2 aromatic rings. The highest BCUT2D eigenvalue weighted by Crippen LogP contribution is 2.32. The molecule has 0 aliphatic heterocycles.